The van der Waals surface area contributed by atoms with Crippen LogP contribution in [0.1, 0.15) is 34.5 Å². The number of aromatic nitrogens is 1. The molecular formula is C20H26N2O4. The van der Waals surface area contributed by atoms with Gasteiger partial charge in [0.15, 0.2) is 0 Å². The second kappa shape index (κ2) is 7.50. The standard InChI is InChI=1S/C20H26N2O4/c1-13-14(2)22(9-10-26-3)18-7-6-15(11-17(13)18)19(23)21-8-4-5-16(12-21)20(24)25/h6-7,11,16H,4-5,8-10,12H2,1-3H3,(H,24,25)/t16-/m0/s1. The molecule has 3 rings (SSSR count). The Morgan fingerprint density at radius 2 is 2.08 bits per heavy atom. The number of carbonyl (C=O) groups excluding carboxylic acids is 1. The van der Waals surface area contributed by atoms with Gasteiger partial charge in [-0.15, -0.1) is 0 Å². The summed E-state index contributed by atoms with van der Waals surface area (Å²) in [4.78, 5) is 25.8. The number of rotatable bonds is 5. The van der Waals surface area contributed by atoms with Gasteiger partial charge in [-0.2, -0.15) is 0 Å². The van der Waals surface area contributed by atoms with E-state index < -0.39 is 11.9 Å². The molecule has 26 heavy (non-hydrogen) atoms. The van der Waals surface area contributed by atoms with Gasteiger partial charge < -0.3 is 19.3 Å². The molecule has 1 aliphatic heterocycles. The van der Waals surface area contributed by atoms with Crippen molar-refractivity contribution < 1.29 is 19.4 Å². The van der Waals surface area contributed by atoms with Crippen molar-refractivity contribution >= 4 is 22.8 Å². The van der Waals surface area contributed by atoms with E-state index in [4.69, 9.17) is 4.74 Å². The molecule has 1 aromatic heterocycles. The maximum Gasteiger partial charge on any atom is 0.308 e. The zero-order chi connectivity index (χ0) is 18.8. The summed E-state index contributed by atoms with van der Waals surface area (Å²) in [6, 6.07) is 5.77. The molecule has 1 saturated heterocycles. The number of aryl methyl sites for hydroxylation is 1. The second-order valence-electron chi connectivity index (χ2n) is 7.02. The van der Waals surface area contributed by atoms with Gasteiger partial charge in [-0.3, -0.25) is 9.59 Å². The lowest BCUT2D eigenvalue weighted by Crippen LogP contribution is -2.42. The number of hydrogen-bond acceptors (Lipinski definition) is 3. The van der Waals surface area contributed by atoms with Crippen LogP contribution >= 0.6 is 0 Å². The Morgan fingerprint density at radius 3 is 2.77 bits per heavy atom. The third-order valence-corrected chi connectivity index (χ3v) is 5.46. The van der Waals surface area contributed by atoms with Gasteiger partial charge in [-0.05, 0) is 50.5 Å². The molecule has 0 spiro atoms. The molecule has 1 fully saturated rings. The highest BCUT2D eigenvalue weighted by Gasteiger charge is 2.29. The molecule has 6 heteroatoms. The number of benzene rings is 1. The first-order valence-corrected chi connectivity index (χ1v) is 9.04. The molecule has 0 unspecified atom stereocenters. The lowest BCUT2D eigenvalue weighted by Gasteiger charge is -2.30. The summed E-state index contributed by atoms with van der Waals surface area (Å²) in [5, 5.41) is 10.3. The molecule has 0 radical (unpaired) electrons. The van der Waals surface area contributed by atoms with E-state index in [1.165, 1.54) is 5.69 Å². The molecule has 1 aliphatic rings. The molecule has 1 N–H and O–H groups in total. The van der Waals surface area contributed by atoms with Crippen molar-refractivity contribution in [3.8, 4) is 0 Å². The van der Waals surface area contributed by atoms with Crippen LogP contribution in [0.2, 0.25) is 0 Å². The molecule has 0 aliphatic carbocycles. The summed E-state index contributed by atoms with van der Waals surface area (Å²) >= 11 is 0. The van der Waals surface area contributed by atoms with Crippen LogP contribution in [0, 0.1) is 19.8 Å². The summed E-state index contributed by atoms with van der Waals surface area (Å²) in [6.07, 6.45) is 1.37. The van der Waals surface area contributed by atoms with Gasteiger partial charge in [0.05, 0.1) is 12.5 Å². The number of piperidine rings is 1. The first kappa shape index (κ1) is 18.5. The number of methoxy groups -OCH3 is 1. The summed E-state index contributed by atoms with van der Waals surface area (Å²) in [5.74, 6) is -1.37. The van der Waals surface area contributed by atoms with Gasteiger partial charge in [-0.25, -0.2) is 0 Å². The molecule has 1 amide bonds. The van der Waals surface area contributed by atoms with E-state index >= 15 is 0 Å². The Bertz CT molecular complexity index is 840. The average Bonchev–Trinajstić information content (AvgIpc) is 2.89. The van der Waals surface area contributed by atoms with Gasteiger partial charge in [0, 0.05) is 48.9 Å². The summed E-state index contributed by atoms with van der Waals surface area (Å²) in [6.45, 7) is 6.46. The molecule has 0 bridgehead atoms. The largest absolute Gasteiger partial charge is 0.481 e. The van der Waals surface area contributed by atoms with E-state index in [1.54, 1.807) is 12.0 Å². The fraction of sp³-hybridized carbons (Fsp3) is 0.500. The van der Waals surface area contributed by atoms with E-state index in [0.717, 1.165) is 29.4 Å². The Labute approximate surface area is 153 Å². The number of aliphatic carboxylic acids is 1. The molecule has 6 nitrogen and oxygen atoms in total. The fourth-order valence-corrected chi connectivity index (χ4v) is 3.80. The third-order valence-electron chi connectivity index (χ3n) is 5.46. The van der Waals surface area contributed by atoms with E-state index in [2.05, 4.69) is 18.4 Å². The number of likely N-dealkylation sites (tertiary alicyclic amines) is 1. The monoisotopic (exact) mass is 358 g/mol. The molecule has 1 atom stereocenters. The summed E-state index contributed by atoms with van der Waals surface area (Å²) < 4.78 is 7.41. The lowest BCUT2D eigenvalue weighted by atomic mass is 9.97. The van der Waals surface area contributed by atoms with Crippen LogP contribution in [-0.4, -0.2) is 53.3 Å². The number of carbonyl (C=O) groups is 2. The topological polar surface area (TPSA) is 71.8 Å². The maximum absolute atomic E-state index is 12.9. The van der Waals surface area contributed by atoms with Crippen LogP contribution in [0.5, 0.6) is 0 Å². The molecule has 1 aromatic carbocycles. The van der Waals surface area contributed by atoms with Crippen molar-refractivity contribution in [1.82, 2.24) is 9.47 Å². The maximum atomic E-state index is 12.9. The van der Waals surface area contributed by atoms with E-state index in [-0.39, 0.29) is 5.91 Å². The van der Waals surface area contributed by atoms with E-state index in [1.807, 2.05) is 18.2 Å². The second-order valence-corrected chi connectivity index (χ2v) is 7.02. The number of amides is 1. The van der Waals surface area contributed by atoms with Gasteiger partial charge in [0.25, 0.3) is 5.91 Å². The first-order valence-electron chi connectivity index (χ1n) is 9.04. The Morgan fingerprint density at radius 1 is 1.31 bits per heavy atom. The predicted molar refractivity (Wildman–Crippen MR) is 99.6 cm³/mol. The minimum absolute atomic E-state index is 0.0838. The number of ether oxygens (including phenoxy) is 1. The van der Waals surface area contributed by atoms with Crippen molar-refractivity contribution in [2.24, 2.45) is 5.92 Å². The minimum Gasteiger partial charge on any atom is -0.481 e. The minimum atomic E-state index is -0.820. The highest BCUT2D eigenvalue weighted by molar-refractivity contribution is 5.99. The van der Waals surface area contributed by atoms with Crippen molar-refractivity contribution in [2.75, 3.05) is 26.8 Å². The highest BCUT2D eigenvalue weighted by atomic mass is 16.5. The number of hydrogen-bond donors (Lipinski definition) is 1. The molecule has 140 valence electrons. The molecule has 0 saturated carbocycles. The van der Waals surface area contributed by atoms with Crippen LogP contribution < -0.4 is 0 Å². The third kappa shape index (κ3) is 3.33. The zero-order valence-electron chi connectivity index (χ0n) is 15.6. The number of nitrogens with zero attached hydrogens (tertiary/aromatic N) is 2. The van der Waals surface area contributed by atoms with Crippen molar-refractivity contribution in [3.05, 3.63) is 35.0 Å². The van der Waals surface area contributed by atoms with Gasteiger partial charge >= 0.3 is 5.97 Å². The van der Waals surface area contributed by atoms with Crippen molar-refractivity contribution in [2.45, 2.75) is 33.2 Å². The molecule has 2 aromatic rings. The van der Waals surface area contributed by atoms with Gasteiger partial charge in [0.2, 0.25) is 0 Å². The smallest absolute Gasteiger partial charge is 0.308 e. The highest BCUT2D eigenvalue weighted by Crippen LogP contribution is 2.27. The van der Waals surface area contributed by atoms with Crippen molar-refractivity contribution in [3.63, 3.8) is 0 Å². The van der Waals surface area contributed by atoms with Crippen LogP contribution in [-0.2, 0) is 16.1 Å². The first-order chi connectivity index (χ1) is 12.4. The van der Waals surface area contributed by atoms with Gasteiger partial charge in [-0.1, -0.05) is 0 Å². The summed E-state index contributed by atoms with van der Waals surface area (Å²) in [5.41, 5.74) is 4.05. The Kier molecular flexibility index (Phi) is 5.32. The quantitative estimate of drug-likeness (QED) is 0.892. The SMILES string of the molecule is COCCn1c(C)c(C)c2cc(C(=O)N3CCC[C@H](C(=O)O)C3)ccc21. The fourth-order valence-electron chi connectivity index (χ4n) is 3.80. The van der Waals surface area contributed by atoms with Crippen LogP contribution in [0.15, 0.2) is 18.2 Å². The number of fused-ring (bicyclic) bond motifs is 1. The predicted octanol–water partition coefficient (Wildman–Crippen LogP) is 2.84. The molecular weight excluding hydrogens is 332 g/mol. The van der Waals surface area contributed by atoms with Gasteiger partial charge in [0.1, 0.15) is 0 Å². The van der Waals surface area contributed by atoms with Crippen molar-refractivity contribution in [1.29, 1.82) is 0 Å². The van der Waals surface area contributed by atoms with Crippen LogP contribution in [0.25, 0.3) is 10.9 Å². The van der Waals surface area contributed by atoms with E-state index in [9.17, 15) is 14.7 Å². The number of carboxylic acid groups (broad SMARTS) is 1. The van der Waals surface area contributed by atoms with Crippen LogP contribution in [0.4, 0.5) is 0 Å². The number of carboxylic acids is 1. The molecule has 2 heterocycles. The van der Waals surface area contributed by atoms with E-state index in [0.29, 0.717) is 31.7 Å². The van der Waals surface area contributed by atoms with Crippen LogP contribution in [0.3, 0.4) is 0 Å². The zero-order valence-corrected chi connectivity index (χ0v) is 15.6. The Balaban J connectivity index is 1.90. The summed E-state index contributed by atoms with van der Waals surface area (Å²) in [7, 11) is 1.69. The average molecular weight is 358 g/mol. The Hall–Kier alpha value is -2.34. The normalized spacial score (nSPS) is 17.7. The lowest BCUT2D eigenvalue weighted by molar-refractivity contribution is -0.143.